The van der Waals surface area contributed by atoms with Gasteiger partial charge in [0, 0.05) is 17.7 Å². The number of nitrogens with zero attached hydrogens (tertiary/aromatic N) is 2. The fourth-order valence-electron chi connectivity index (χ4n) is 2.80. The molecule has 0 saturated heterocycles. The van der Waals surface area contributed by atoms with Gasteiger partial charge in [-0.05, 0) is 43.9 Å². The van der Waals surface area contributed by atoms with Crippen LogP contribution < -0.4 is 5.32 Å². The highest BCUT2D eigenvalue weighted by Crippen LogP contribution is 2.45. The molecule has 0 aliphatic heterocycles. The van der Waals surface area contributed by atoms with Crippen molar-refractivity contribution >= 4 is 5.82 Å². The summed E-state index contributed by atoms with van der Waals surface area (Å²) in [6, 6.07) is 2.89. The summed E-state index contributed by atoms with van der Waals surface area (Å²) in [5.74, 6) is 0.446. The lowest BCUT2D eigenvalue weighted by molar-refractivity contribution is -0.142. The summed E-state index contributed by atoms with van der Waals surface area (Å²) < 4.78 is 78.8. The van der Waals surface area contributed by atoms with Crippen molar-refractivity contribution in [2.45, 2.75) is 44.1 Å². The summed E-state index contributed by atoms with van der Waals surface area (Å²) in [5, 5.41) is 20.0. The van der Waals surface area contributed by atoms with Crippen LogP contribution in [0.5, 0.6) is 0 Å². The molecule has 0 radical (unpaired) electrons. The number of halogens is 6. The number of aromatic nitrogens is 2. The Labute approximate surface area is 156 Å². The summed E-state index contributed by atoms with van der Waals surface area (Å²) >= 11 is 0. The van der Waals surface area contributed by atoms with Gasteiger partial charge in [0.1, 0.15) is 0 Å². The first-order valence-corrected chi connectivity index (χ1v) is 8.55. The van der Waals surface area contributed by atoms with Crippen LogP contribution in [-0.4, -0.2) is 28.0 Å². The first-order chi connectivity index (χ1) is 13.0. The Morgan fingerprint density at radius 1 is 1.07 bits per heavy atom. The van der Waals surface area contributed by atoms with E-state index in [1.54, 1.807) is 6.92 Å². The van der Waals surface area contributed by atoms with Crippen LogP contribution in [0.2, 0.25) is 0 Å². The summed E-state index contributed by atoms with van der Waals surface area (Å²) in [7, 11) is 0. The molecule has 0 amide bonds. The van der Waals surface area contributed by atoms with E-state index in [0.29, 0.717) is 17.4 Å². The Hall–Kier alpha value is -2.36. The molecule has 1 aliphatic rings. The molecule has 0 bridgehead atoms. The predicted octanol–water partition coefficient (Wildman–Crippen LogP) is 4.85. The lowest BCUT2D eigenvalue weighted by atomic mass is 9.99. The van der Waals surface area contributed by atoms with Crippen LogP contribution in [0.15, 0.2) is 24.3 Å². The second kappa shape index (κ2) is 7.23. The highest BCUT2D eigenvalue weighted by molar-refractivity contribution is 5.67. The van der Waals surface area contributed by atoms with E-state index in [9.17, 15) is 31.4 Å². The van der Waals surface area contributed by atoms with Crippen molar-refractivity contribution < 1.29 is 31.4 Å². The standard InChI is InChI=1S/C18H17F6N3O/c1-9(28)8-25-16-13(10-2-3-10)7-15(26-27-16)12-5-4-11(17(19,20)21)6-14(12)18(22,23)24/h4-7,9-10,28H,2-3,8H2,1H3,(H,25,27)/t9-/m1/s1. The zero-order valence-corrected chi connectivity index (χ0v) is 14.7. The topological polar surface area (TPSA) is 58.0 Å². The zero-order valence-electron chi connectivity index (χ0n) is 14.7. The van der Waals surface area contributed by atoms with E-state index < -0.39 is 35.1 Å². The van der Waals surface area contributed by atoms with Crippen LogP contribution in [0.3, 0.4) is 0 Å². The van der Waals surface area contributed by atoms with Gasteiger partial charge in [0.15, 0.2) is 5.82 Å². The van der Waals surface area contributed by atoms with Gasteiger partial charge in [-0.2, -0.15) is 26.3 Å². The second-order valence-corrected chi connectivity index (χ2v) is 6.79. The number of rotatable bonds is 5. The van der Waals surface area contributed by atoms with Crippen LogP contribution in [0.25, 0.3) is 11.3 Å². The largest absolute Gasteiger partial charge is 0.417 e. The summed E-state index contributed by atoms with van der Waals surface area (Å²) in [4.78, 5) is 0. The summed E-state index contributed by atoms with van der Waals surface area (Å²) in [5.41, 5.74) is -2.77. The Morgan fingerprint density at radius 3 is 2.29 bits per heavy atom. The maximum Gasteiger partial charge on any atom is 0.417 e. The van der Waals surface area contributed by atoms with Crippen molar-refractivity contribution in [1.29, 1.82) is 0 Å². The quantitative estimate of drug-likeness (QED) is 0.699. The van der Waals surface area contributed by atoms with E-state index in [2.05, 4.69) is 15.5 Å². The average molecular weight is 405 g/mol. The van der Waals surface area contributed by atoms with Crippen LogP contribution in [-0.2, 0) is 12.4 Å². The van der Waals surface area contributed by atoms with Gasteiger partial charge < -0.3 is 10.4 Å². The number of alkyl halides is 6. The third kappa shape index (κ3) is 4.54. The highest BCUT2D eigenvalue weighted by Gasteiger charge is 2.39. The van der Waals surface area contributed by atoms with E-state index in [4.69, 9.17) is 0 Å². The first-order valence-electron chi connectivity index (χ1n) is 8.55. The molecule has 3 rings (SSSR count). The number of hydrogen-bond acceptors (Lipinski definition) is 4. The van der Waals surface area contributed by atoms with E-state index in [0.717, 1.165) is 18.9 Å². The fraction of sp³-hybridized carbons (Fsp3) is 0.444. The smallest absolute Gasteiger partial charge is 0.392 e. The molecular weight excluding hydrogens is 388 g/mol. The average Bonchev–Trinajstić information content (AvgIpc) is 3.42. The number of nitrogens with one attached hydrogen (secondary N) is 1. The Bertz CT molecular complexity index is 859. The number of aliphatic hydroxyl groups excluding tert-OH is 1. The third-order valence-corrected chi connectivity index (χ3v) is 4.33. The van der Waals surface area contributed by atoms with Gasteiger partial charge in [0.2, 0.25) is 0 Å². The molecule has 28 heavy (non-hydrogen) atoms. The molecule has 1 aromatic carbocycles. The molecular formula is C18H17F6N3O. The summed E-state index contributed by atoms with van der Waals surface area (Å²) in [6.07, 6.45) is -8.89. The maximum absolute atomic E-state index is 13.4. The minimum Gasteiger partial charge on any atom is -0.392 e. The van der Waals surface area contributed by atoms with Crippen molar-refractivity contribution in [2.75, 3.05) is 11.9 Å². The van der Waals surface area contributed by atoms with Crippen molar-refractivity contribution in [2.24, 2.45) is 0 Å². The van der Waals surface area contributed by atoms with Crippen LogP contribution >= 0.6 is 0 Å². The lowest BCUT2D eigenvalue weighted by Gasteiger charge is -2.17. The minimum absolute atomic E-state index is 0.0907. The summed E-state index contributed by atoms with van der Waals surface area (Å²) in [6.45, 7) is 1.74. The highest BCUT2D eigenvalue weighted by atomic mass is 19.4. The third-order valence-electron chi connectivity index (χ3n) is 4.33. The predicted molar refractivity (Wildman–Crippen MR) is 89.6 cm³/mol. The van der Waals surface area contributed by atoms with E-state index >= 15 is 0 Å². The SMILES string of the molecule is C[C@@H](O)CNc1nnc(-c2ccc(C(F)(F)F)cc2C(F)(F)F)cc1C1CC1. The van der Waals surface area contributed by atoms with Gasteiger partial charge in [-0.3, -0.25) is 0 Å². The van der Waals surface area contributed by atoms with E-state index in [1.807, 2.05) is 0 Å². The Balaban J connectivity index is 2.06. The molecule has 10 heteroatoms. The minimum atomic E-state index is -4.98. The molecule has 2 aromatic rings. The second-order valence-electron chi connectivity index (χ2n) is 6.79. The normalized spacial score (nSPS) is 16.1. The zero-order chi connectivity index (χ0) is 20.7. The van der Waals surface area contributed by atoms with Crippen LogP contribution in [0.4, 0.5) is 32.2 Å². The van der Waals surface area contributed by atoms with Crippen molar-refractivity contribution in [3.8, 4) is 11.3 Å². The molecule has 1 fully saturated rings. The molecule has 1 saturated carbocycles. The Morgan fingerprint density at radius 2 is 1.75 bits per heavy atom. The van der Waals surface area contributed by atoms with Crippen LogP contribution in [0, 0.1) is 0 Å². The molecule has 4 nitrogen and oxygen atoms in total. The van der Waals surface area contributed by atoms with Crippen LogP contribution in [0.1, 0.15) is 42.4 Å². The lowest BCUT2D eigenvalue weighted by Crippen LogP contribution is -2.17. The monoisotopic (exact) mass is 405 g/mol. The van der Waals surface area contributed by atoms with Gasteiger partial charge in [0.05, 0.1) is 22.9 Å². The molecule has 2 N–H and O–H groups in total. The van der Waals surface area contributed by atoms with E-state index in [-0.39, 0.29) is 24.2 Å². The number of hydrogen-bond donors (Lipinski definition) is 2. The molecule has 0 spiro atoms. The van der Waals surface area contributed by atoms with Gasteiger partial charge in [0.25, 0.3) is 0 Å². The van der Waals surface area contributed by atoms with Crippen molar-refractivity contribution in [1.82, 2.24) is 10.2 Å². The van der Waals surface area contributed by atoms with E-state index in [1.165, 1.54) is 6.07 Å². The number of benzene rings is 1. The molecule has 0 unspecified atom stereocenters. The molecule has 1 heterocycles. The Kier molecular flexibility index (Phi) is 5.26. The van der Waals surface area contributed by atoms with Gasteiger partial charge >= 0.3 is 12.4 Å². The van der Waals surface area contributed by atoms with Crippen molar-refractivity contribution in [3.63, 3.8) is 0 Å². The fourth-order valence-corrected chi connectivity index (χ4v) is 2.80. The molecule has 1 aliphatic carbocycles. The van der Waals surface area contributed by atoms with Gasteiger partial charge in [-0.25, -0.2) is 0 Å². The first kappa shape index (κ1) is 20.4. The molecule has 1 aromatic heterocycles. The molecule has 152 valence electrons. The van der Waals surface area contributed by atoms with Crippen molar-refractivity contribution in [3.05, 3.63) is 41.0 Å². The van der Waals surface area contributed by atoms with Gasteiger partial charge in [-0.1, -0.05) is 6.07 Å². The molecule has 1 atom stereocenters. The number of anilines is 1. The van der Waals surface area contributed by atoms with Gasteiger partial charge in [-0.15, -0.1) is 10.2 Å². The number of aliphatic hydroxyl groups is 1. The maximum atomic E-state index is 13.4.